The van der Waals surface area contributed by atoms with Crippen molar-refractivity contribution in [2.75, 3.05) is 17.6 Å². The number of hydrogen-bond acceptors (Lipinski definition) is 4. The van der Waals surface area contributed by atoms with Crippen molar-refractivity contribution in [3.63, 3.8) is 0 Å². The van der Waals surface area contributed by atoms with Crippen LogP contribution in [0.2, 0.25) is 0 Å². The Bertz CT molecular complexity index is 472. The smallest absolute Gasteiger partial charge is 0.238 e. The Hall–Kier alpha value is -1.27. The van der Waals surface area contributed by atoms with Crippen LogP contribution in [0.3, 0.4) is 0 Å². The molecule has 1 aromatic carbocycles. The lowest BCUT2D eigenvalue weighted by atomic mass is 10.2. The van der Waals surface area contributed by atoms with E-state index in [1.54, 1.807) is 6.07 Å². The van der Waals surface area contributed by atoms with Gasteiger partial charge in [0.15, 0.2) is 0 Å². The maximum absolute atomic E-state index is 11.1. The average Bonchev–Trinajstić information content (AvgIpc) is 2.24. The Morgan fingerprint density at radius 2 is 2.00 bits per heavy atom. The molecule has 17 heavy (non-hydrogen) atoms. The summed E-state index contributed by atoms with van der Waals surface area (Å²) in [7, 11) is -3.68. The molecule has 5 N–H and O–H groups in total. The lowest BCUT2D eigenvalue weighted by molar-refractivity contribution is 0.598. The largest absolute Gasteiger partial charge is 0.397 e. The number of nitrogens with one attached hydrogen (secondary N) is 1. The molecule has 6 heteroatoms. The summed E-state index contributed by atoms with van der Waals surface area (Å²) in [5.74, 6) is 0. The predicted molar refractivity (Wildman–Crippen MR) is 70.2 cm³/mol. The van der Waals surface area contributed by atoms with Crippen molar-refractivity contribution < 1.29 is 8.42 Å². The number of primary sulfonamides is 1. The standard InChI is InChI=1S/C11H19N3O2S/c1-2-3-4-7-14-11-6-5-9(8-10(11)12)17(13,15)16/h5-6,8,14H,2-4,7,12H2,1H3,(H2,13,15,16). The summed E-state index contributed by atoms with van der Waals surface area (Å²) >= 11 is 0. The Morgan fingerprint density at radius 1 is 1.29 bits per heavy atom. The highest BCUT2D eigenvalue weighted by atomic mass is 32.2. The second kappa shape index (κ2) is 5.88. The molecule has 0 atom stereocenters. The van der Waals surface area contributed by atoms with Gasteiger partial charge in [-0.2, -0.15) is 0 Å². The Morgan fingerprint density at radius 3 is 2.53 bits per heavy atom. The fraction of sp³-hybridized carbons (Fsp3) is 0.455. The molecule has 0 heterocycles. The number of nitrogens with two attached hydrogens (primary N) is 2. The molecular formula is C11H19N3O2S. The van der Waals surface area contributed by atoms with E-state index in [9.17, 15) is 8.42 Å². The van der Waals surface area contributed by atoms with Gasteiger partial charge in [-0.05, 0) is 24.6 Å². The van der Waals surface area contributed by atoms with E-state index in [0.717, 1.165) is 31.5 Å². The number of benzene rings is 1. The van der Waals surface area contributed by atoms with Gasteiger partial charge in [-0.3, -0.25) is 0 Å². The molecule has 0 saturated heterocycles. The molecule has 0 amide bonds. The van der Waals surface area contributed by atoms with Crippen LogP contribution in [0.15, 0.2) is 23.1 Å². The molecule has 5 nitrogen and oxygen atoms in total. The number of anilines is 2. The molecule has 0 aromatic heterocycles. The van der Waals surface area contributed by atoms with E-state index in [4.69, 9.17) is 10.9 Å². The molecule has 96 valence electrons. The first kappa shape index (κ1) is 13.8. The van der Waals surface area contributed by atoms with Crippen LogP contribution in [0.5, 0.6) is 0 Å². The van der Waals surface area contributed by atoms with Gasteiger partial charge in [0.2, 0.25) is 10.0 Å². The number of unbranched alkanes of at least 4 members (excludes halogenated alkanes) is 2. The van der Waals surface area contributed by atoms with Gasteiger partial charge in [-0.25, -0.2) is 13.6 Å². The third kappa shape index (κ3) is 4.24. The summed E-state index contributed by atoms with van der Waals surface area (Å²) in [5.41, 5.74) is 6.89. The third-order valence-electron chi connectivity index (χ3n) is 2.45. The fourth-order valence-electron chi connectivity index (χ4n) is 1.48. The van der Waals surface area contributed by atoms with Crippen molar-refractivity contribution in [1.82, 2.24) is 0 Å². The highest BCUT2D eigenvalue weighted by molar-refractivity contribution is 7.89. The van der Waals surface area contributed by atoms with Gasteiger partial charge in [-0.1, -0.05) is 19.8 Å². The summed E-state index contributed by atoms with van der Waals surface area (Å²) in [4.78, 5) is 0.0362. The monoisotopic (exact) mass is 257 g/mol. The third-order valence-corrected chi connectivity index (χ3v) is 3.36. The molecule has 0 bridgehead atoms. The van der Waals surface area contributed by atoms with Crippen molar-refractivity contribution in [3.8, 4) is 0 Å². The quantitative estimate of drug-likeness (QED) is 0.531. The normalized spacial score (nSPS) is 11.4. The molecule has 1 aromatic rings. The van der Waals surface area contributed by atoms with E-state index in [1.165, 1.54) is 12.1 Å². The zero-order valence-electron chi connectivity index (χ0n) is 9.94. The minimum atomic E-state index is -3.68. The minimum Gasteiger partial charge on any atom is -0.397 e. The van der Waals surface area contributed by atoms with Gasteiger partial charge in [0.1, 0.15) is 0 Å². The summed E-state index contributed by atoms with van der Waals surface area (Å²) in [6.07, 6.45) is 3.37. The minimum absolute atomic E-state index is 0.0362. The van der Waals surface area contributed by atoms with Gasteiger partial charge < -0.3 is 11.1 Å². The van der Waals surface area contributed by atoms with E-state index in [0.29, 0.717) is 5.69 Å². The Labute approximate surface area is 102 Å². The summed E-state index contributed by atoms with van der Waals surface area (Å²) in [6.45, 7) is 2.96. The van der Waals surface area contributed by atoms with Crippen molar-refractivity contribution in [2.45, 2.75) is 31.1 Å². The molecule has 1 rings (SSSR count). The van der Waals surface area contributed by atoms with Crippen LogP contribution >= 0.6 is 0 Å². The van der Waals surface area contributed by atoms with E-state index < -0.39 is 10.0 Å². The van der Waals surface area contributed by atoms with Crippen LogP contribution < -0.4 is 16.2 Å². The first-order valence-corrected chi connectivity index (χ1v) is 7.16. The molecule has 0 unspecified atom stereocenters. The summed E-state index contributed by atoms with van der Waals surface area (Å²) < 4.78 is 22.2. The predicted octanol–water partition coefficient (Wildman–Crippen LogP) is 1.52. The topological polar surface area (TPSA) is 98.2 Å². The number of nitrogen functional groups attached to an aromatic ring is 1. The number of rotatable bonds is 6. The van der Waals surface area contributed by atoms with Crippen LogP contribution in [0.1, 0.15) is 26.2 Å². The van der Waals surface area contributed by atoms with E-state index >= 15 is 0 Å². The molecule has 0 fully saturated rings. The average molecular weight is 257 g/mol. The zero-order chi connectivity index (χ0) is 12.9. The second-order valence-electron chi connectivity index (χ2n) is 3.93. The van der Waals surface area contributed by atoms with Crippen LogP contribution in [0, 0.1) is 0 Å². The van der Waals surface area contributed by atoms with Crippen LogP contribution in [0.4, 0.5) is 11.4 Å². The van der Waals surface area contributed by atoms with Crippen molar-refractivity contribution in [3.05, 3.63) is 18.2 Å². The maximum Gasteiger partial charge on any atom is 0.238 e. The van der Waals surface area contributed by atoms with Crippen molar-refractivity contribution in [1.29, 1.82) is 0 Å². The zero-order valence-corrected chi connectivity index (χ0v) is 10.8. The highest BCUT2D eigenvalue weighted by Crippen LogP contribution is 2.21. The number of hydrogen-bond donors (Lipinski definition) is 3. The lowest BCUT2D eigenvalue weighted by Gasteiger charge is -2.10. The summed E-state index contributed by atoms with van der Waals surface area (Å²) in [6, 6.07) is 4.46. The fourth-order valence-corrected chi connectivity index (χ4v) is 2.03. The first-order valence-electron chi connectivity index (χ1n) is 5.61. The Kier molecular flexibility index (Phi) is 4.77. The lowest BCUT2D eigenvalue weighted by Crippen LogP contribution is -2.13. The van der Waals surface area contributed by atoms with Gasteiger partial charge in [-0.15, -0.1) is 0 Å². The molecule has 0 aliphatic heterocycles. The van der Waals surface area contributed by atoms with E-state index in [1.807, 2.05) is 0 Å². The second-order valence-corrected chi connectivity index (χ2v) is 5.49. The molecule has 0 aliphatic carbocycles. The Balaban J connectivity index is 2.70. The first-order chi connectivity index (χ1) is 7.95. The van der Waals surface area contributed by atoms with Crippen LogP contribution in [0.25, 0.3) is 0 Å². The van der Waals surface area contributed by atoms with Gasteiger partial charge >= 0.3 is 0 Å². The van der Waals surface area contributed by atoms with E-state index in [-0.39, 0.29) is 4.90 Å². The SMILES string of the molecule is CCCCCNc1ccc(S(N)(=O)=O)cc1N. The highest BCUT2D eigenvalue weighted by Gasteiger charge is 2.09. The van der Waals surface area contributed by atoms with Gasteiger partial charge in [0.25, 0.3) is 0 Å². The molecule has 0 radical (unpaired) electrons. The summed E-state index contributed by atoms with van der Waals surface area (Å²) in [5, 5.41) is 8.18. The molecule has 0 spiro atoms. The van der Waals surface area contributed by atoms with Gasteiger partial charge in [0, 0.05) is 6.54 Å². The van der Waals surface area contributed by atoms with Crippen LogP contribution in [-0.4, -0.2) is 15.0 Å². The van der Waals surface area contributed by atoms with Crippen molar-refractivity contribution in [2.24, 2.45) is 5.14 Å². The maximum atomic E-state index is 11.1. The molecule has 0 saturated carbocycles. The number of sulfonamides is 1. The molecule has 0 aliphatic rings. The van der Waals surface area contributed by atoms with E-state index in [2.05, 4.69) is 12.2 Å². The van der Waals surface area contributed by atoms with Crippen LogP contribution in [-0.2, 0) is 10.0 Å². The van der Waals surface area contributed by atoms with Gasteiger partial charge in [0.05, 0.1) is 16.3 Å². The molecular weight excluding hydrogens is 238 g/mol. The van der Waals surface area contributed by atoms with Crippen molar-refractivity contribution >= 4 is 21.4 Å².